The van der Waals surface area contributed by atoms with Crippen LogP contribution in [-0.4, -0.2) is 66.8 Å². The Hall–Kier alpha value is -3.50. The largest absolute Gasteiger partial charge is 0.472 e. The summed E-state index contributed by atoms with van der Waals surface area (Å²) in [5, 5.41) is 45.2. The minimum Gasteiger partial charge on any atom is -0.387 e. The van der Waals surface area contributed by atoms with Gasteiger partial charge in [0.25, 0.3) is 0 Å². The number of nitrogens with zero attached hydrogens (tertiary/aromatic N) is 5. The summed E-state index contributed by atoms with van der Waals surface area (Å²) in [7, 11) is -4.87. The van der Waals surface area contributed by atoms with Crippen LogP contribution in [0.5, 0.6) is 0 Å². The number of phosphoric acid groups is 1. The van der Waals surface area contributed by atoms with Crippen LogP contribution in [0.1, 0.15) is 152 Å². The van der Waals surface area contributed by atoms with E-state index in [1.807, 2.05) is 6.07 Å². The number of rotatable bonds is 29. The summed E-state index contributed by atoms with van der Waals surface area (Å²) in [6.45, 7) is 0.887. The lowest BCUT2D eigenvalue weighted by Crippen LogP contribution is -2.45. The third-order valence-electron chi connectivity index (χ3n) is 10.8. The average molecular weight is 829 g/mol. The number of nitrogens with two attached hydrogens (primary N) is 1. The molecule has 320 valence electrons. The van der Waals surface area contributed by atoms with Crippen LogP contribution in [0.25, 0.3) is 5.52 Å². The first-order valence-corrected chi connectivity index (χ1v) is 22.5. The molecule has 1 fully saturated rings. The molecular weight excluding hydrogens is 766 g/mol. The lowest BCUT2D eigenvalue weighted by molar-refractivity contribution is -0.0763. The summed E-state index contributed by atoms with van der Waals surface area (Å²) in [6, 6.07) is 10.7. The predicted molar refractivity (Wildman–Crippen MR) is 216 cm³/mol. The lowest BCUT2D eigenvalue weighted by Gasteiger charge is -2.26. The Balaban J connectivity index is 1.21. The molecule has 1 saturated heterocycles. The van der Waals surface area contributed by atoms with Gasteiger partial charge in [-0.15, -0.1) is 0 Å². The van der Waals surface area contributed by atoms with Crippen molar-refractivity contribution in [2.45, 2.75) is 166 Å². The second kappa shape index (κ2) is 24.6. The Morgan fingerprint density at radius 2 is 1.53 bits per heavy atom. The molecule has 1 aliphatic heterocycles. The number of aliphatic hydroxyl groups excluding tert-OH is 2. The molecule has 5 N–H and O–H groups in total. The fourth-order valence-corrected chi connectivity index (χ4v) is 8.15. The normalized spacial score (nSPS) is 20.8. The molecule has 14 nitrogen and oxygen atoms in total. The number of aliphatic hydroxyl groups is 2. The highest BCUT2D eigenvalue weighted by Gasteiger charge is 2.57. The molecule has 0 bridgehead atoms. The van der Waals surface area contributed by atoms with Gasteiger partial charge in [0.2, 0.25) is 5.60 Å². The number of aromatic nitrogens is 3. The molecule has 1 aromatic carbocycles. The zero-order valence-corrected chi connectivity index (χ0v) is 34.7. The summed E-state index contributed by atoms with van der Waals surface area (Å²) in [4.78, 5) is 14.6. The van der Waals surface area contributed by atoms with E-state index < -0.39 is 50.3 Å². The molecule has 0 saturated carbocycles. The van der Waals surface area contributed by atoms with Crippen LogP contribution in [0.15, 0.2) is 36.7 Å². The van der Waals surface area contributed by atoms with Gasteiger partial charge in [-0.1, -0.05) is 122 Å². The first kappa shape index (κ1) is 47.2. The van der Waals surface area contributed by atoms with Gasteiger partial charge in [-0.05, 0) is 42.3 Å². The highest BCUT2D eigenvalue weighted by Crippen LogP contribution is 2.48. The Kier molecular flexibility index (Phi) is 20.0. The molecular formula is C42H62FN6O8P. The van der Waals surface area contributed by atoms with E-state index in [0.29, 0.717) is 17.5 Å². The molecule has 3 aromatic rings. The summed E-state index contributed by atoms with van der Waals surface area (Å²) in [5.74, 6) is -0.423. The molecule has 1 unspecified atom stereocenters. The topological polar surface area (TPSA) is 218 Å². The van der Waals surface area contributed by atoms with E-state index in [1.54, 1.807) is 18.2 Å². The number of halogens is 1. The van der Waals surface area contributed by atoms with Crippen LogP contribution in [0.2, 0.25) is 0 Å². The maximum Gasteiger partial charge on any atom is 0.472 e. The van der Waals surface area contributed by atoms with Crippen LogP contribution in [0.3, 0.4) is 0 Å². The number of fused-ring (bicyclic) bond motifs is 1. The summed E-state index contributed by atoms with van der Waals surface area (Å²) < 4.78 is 50.9. The quantitative estimate of drug-likeness (QED) is 0.0381. The number of benzene rings is 1. The first-order valence-electron chi connectivity index (χ1n) is 21.0. The molecule has 2 aromatic heterocycles. The SMILES string of the molecule is CCCCCCCCCCCCCCCCCCCC[C@H](COP(=O)(O)OC[C@@]1(C#N)O[C@@H](c2ccc3c(N)ncnn23)[C@H](O)[C@@H]1O)OCc1cc(F)cc(C#N)c1. The predicted octanol–water partition coefficient (Wildman–Crippen LogP) is 8.53. The van der Waals surface area contributed by atoms with Crippen LogP contribution in [0, 0.1) is 28.5 Å². The number of unbranched alkanes of at least 4 members (excludes halogenated alkanes) is 17. The van der Waals surface area contributed by atoms with Gasteiger partial charge in [0.1, 0.15) is 48.6 Å². The van der Waals surface area contributed by atoms with Gasteiger partial charge in [-0.25, -0.2) is 18.5 Å². The molecule has 16 heteroatoms. The van der Waals surface area contributed by atoms with Gasteiger partial charge in [-0.2, -0.15) is 15.6 Å². The summed E-state index contributed by atoms with van der Waals surface area (Å²) >= 11 is 0. The number of hydrogen-bond donors (Lipinski definition) is 4. The molecule has 0 amide bonds. The van der Waals surface area contributed by atoms with Crippen molar-refractivity contribution < 1.29 is 42.6 Å². The third-order valence-corrected chi connectivity index (χ3v) is 11.7. The minimum absolute atomic E-state index is 0.0715. The summed E-state index contributed by atoms with van der Waals surface area (Å²) in [6.07, 6.45) is 18.5. The minimum atomic E-state index is -4.87. The van der Waals surface area contributed by atoms with Crippen LogP contribution in [-0.2, 0) is 29.7 Å². The Labute approximate surface area is 342 Å². The van der Waals surface area contributed by atoms with Gasteiger partial charge >= 0.3 is 7.82 Å². The molecule has 1 aliphatic rings. The van der Waals surface area contributed by atoms with E-state index in [0.717, 1.165) is 31.7 Å². The smallest absolute Gasteiger partial charge is 0.387 e. The van der Waals surface area contributed by atoms with E-state index in [-0.39, 0.29) is 30.3 Å². The number of hydrogen-bond acceptors (Lipinski definition) is 12. The maximum atomic E-state index is 14.1. The van der Waals surface area contributed by atoms with Gasteiger partial charge in [0, 0.05) is 0 Å². The van der Waals surface area contributed by atoms with Crippen molar-refractivity contribution in [3.63, 3.8) is 0 Å². The number of ether oxygens (including phenoxy) is 2. The lowest BCUT2D eigenvalue weighted by atomic mass is 9.96. The molecule has 6 atom stereocenters. The highest BCUT2D eigenvalue weighted by molar-refractivity contribution is 7.47. The van der Waals surface area contributed by atoms with Gasteiger partial charge < -0.3 is 30.3 Å². The number of anilines is 1. The van der Waals surface area contributed by atoms with Crippen molar-refractivity contribution in [2.24, 2.45) is 0 Å². The van der Waals surface area contributed by atoms with E-state index in [9.17, 15) is 34.6 Å². The fourth-order valence-electron chi connectivity index (χ4n) is 7.37. The average Bonchev–Trinajstić information content (AvgIpc) is 3.76. The molecule has 0 radical (unpaired) electrons. The third kappa shape index (κ3) is 14.6. The van der Waals surface area contributed by atoms with Crippen LogP contribution in [0.4, 0.5) is 10.2 Å². The van der Waals surface area contributed by atoms with Crippen LogP contribution < -0.4 is 5.73 Å². The van der Waals surface area contributed by atoms with Gasteiger partial charge in [0.15, 0.2) is 5.82 Å². The zero-order chi connectivity index (χ0) is 41.8. The Bertz CT molecular complexity index is 1820. The van der Waals surface area contributed by atoms with Gasteiger partial charge in [0.05, 0.1) is 36.6 Å². The molecule has 58 heavy (non-hydrogen) atoms. The molecule has 3 heterocycles. The number of nitrogen functional groups attached to an aromatic ring is 1. The number of phosphoric ester groups is 1. The second-order valence-electron chi connectivity index (χ2n) is 15.4. The number of nitriles is 2. The second-order valence-corrected chi connectivity index (χ2v) is 16.9. The van der Waals surface area contributed by atoms with Crippen molar-refractivity contribution in [2.75, 3.05) is 18.9 Å². The van der Waals surface area contributed by atoms with Crippen LogP contribution >= 0.6 is 7.82 Å². The van der Waals surface area contributed by atoms with Crippen molar-refractivity contribution in [1.29, 1.82) is 10.5 Å². The van der Waals surface area contributed by atoms with Crippen molar-refractivity contribution in [3.8, 4) is 12.1 Å². The molecule has 4 rings (SSSR count). The maximum absolute atomic E-state index is 14.1. The first-order chi connectivity index (χ1) is 28.0. The van der Waals surface area contributed by atoms with E-state index in [1.165, 1.54) is 113 Å². The van der Waals surface area contributed by atoms with Crippen molar-refractivity contribution >= 4 is 19.2 Å². The van der Waals surface area contributed by atoms with E-state index in [2.05, 4.69) is 17.0 Å². The fraction of sp³-hybridized carbons (Fsp3) is 0.667. The summed E-state index contributed by atoms with van der Waals surface area (Å²) in [5.41, 5.74) is 4.89. The van der Waals surface area contributed by atoms with E-state index >= 15 is 0 Å². The Morgan fingerprint density at radius 1 is 0.931 bits per heavy atom. The van der Waals surface area contributed by atoms with Crippen molar-refractivity contribution in [1.82, 2.24) is 14.6 Å². The monoisotopic (exact) mass is 828 g/mol. The van der Waals surface area contributed by atoms with Crippen molar-refractivity contribution in [3.05, 3.63) is 59.3 Å². The standard InChI is InChI=1S/C42H62FN6O8P/c1-2-3-4-5-6-7-8-9-10-11-12-13-14-15-16-17-18-19-20-35(54-27-33-23-32(26-44)24-34(43)25-33)28-55-58(52,53)56-30-42(29-45)40(51)38(50)39(57-42)36-21-22-37-41(46)47-31-48-49(36)37/h21-25,31,35,38-40,50-51H,2-20,27-28,30H2,1H3,(H,52,53)(H2,46,47,48)/t35-,38+,39+,40+,42-/m1/s1. The Morgan fingerprint density at radius 3 is 2.12 bits per heavy atom. The highest BCUT2D eigenvalue weighted by atomic mass is 31.2. The molecule has 0 spiro atoms. The van der Waals surface area contributed by atoms with E-state index in [4.69, 9.17) is 24.3 Å². The zero-order valence-electron chi connectivity index (χ0n) is 33.9. The van der Waals surface area contributed by atoms with Gasteiger partial charge in [-0.3, -0.25) is 9.05 Å². The molecule has 0 aliphatic carbocycles.